The molecule has 3 aromatic rings. The number of nitrogens with one attached hydrogen (secondary N) is 3. The highest BCUT2D eigenvalue weighted by molar-refractivity contribution is 5.89. The van der Waals surface area contributed by atoms with Crippen molar-refractivity contribution in [2.24, 2.45) is 0 Å². The van der Waals surface area contributed by atoms with Crippen LogP contribution in [-0.4, -0.2) is 33.9 Å². The normalized spacial score (nSPS) is 11.1. The van der Waals surface area contributed by atoms with E-state index in [0.717, 1.165) is 16.6 Å². The average molecular weight is 376 g/mol. The summed E-state index contributed by atoms with van der Waals surface area (Å²) in [7, 11) is 0. The number of aryl methyl sites for hydroxylation is 1. The number of amides is 1. The Morgan fingerprint density at radius 3 is 2.81 bits per heavy atom. The minimum atomic E-state index is -2.59. The van der Waals surface area contributed by atoms with Gasteiger partial charge in [-0.05, 0) is 36.6 Å². The summed E-state index contributed by atoms with van der Waals surface area (Å²) in [5, 5.41) is 2.62. The Morgan fingerprint density at radius 2 is 2.00 bits per heavy atom. The van der Waals surface area contributed by atoms with Crippen LogP contribution in [0.25, 0.3) is 11.0 Å². The van der Waals surface area contributed by atoms with Crippen molar-refractivity contribution in [3.8, 4) is 5.88 Å². The number of benzene rings is 1. The summed E-state index contributed by atoms with van der Waals surface area (Å²) in [4.78, 5) is 32.6. The van der Waals surface area contributed by atoms with Crippen molar-refractivity contribution in [3.63, 3.8) is 0 Å². The van der Waals surface area contributed by atoms with Gasteiger partial charge in [0.1, 0.15) is 5.82 Å². The number of rotatable bonds is 8. The van der Waals surface area contributed by atoms with Crippen LogP contribution in [-0.2, 0) is 11.2 Å². The lowest BCUT2D eigenvalue weighted by Gasteiger charge is -2.08. The van der Waals surface area contributed by atoms with Gasteiger partial charge in [0.25, 0.3) is 6.43 Å². The molecule has 142 valence electrons. The molecule has 1 aromatic carbocycles. The Balaban J connectivity index is 1.49. The maximum Gasteiger partial charge on any atom is 0.323 e. The van der Waals surface area contributed by atoms with Crippen molar-refractivity contribution in [1.82, 2.24) is 15.0 Å². The van der Waals surface area contributed by atoms with Gasteiger partial charge in [0.2, 0.25) is 11.8 Å². The Hall–Kier alpha value is -3.23. The van der Waals surface area contributed by atoms with Crippen molar-refractivity contribution in [2.75, 3.05) is 11.9 Å². The van der Waals surface area contributed by atoms with Crippen molar-refractivity contribution in [2.45, 2.75) is 25.7 Å². The number of hydrogen-bond donors (Lipinski definition) is 3. The molecule has 0 aliphatic rings. The lowest BCUT2D eigenvalue weighted by molar-refractivity contribution is -0.116. The van der Waals surface area contributed by atoms with Gasteiger partial charge in [-0.25, -0.2) is 13.6 Å². The van der Waals surface area contributed by atoms with Gasteiger partial charge in [-0.2, -0.15) is 4.98 Å². The Bertz CT molecular complexity index is 984. The van der Waals surface area contributed by atoms with Crippen LogP contribution in [0.4, 0.5) is 14.6 Å². The molecule has 7 nitrogen and oxygen atoms in total. The molecule has 0 radical (unpaired) electrons. The summed E-state index contributed by atoms with van der Waals surface area (Å²) < 4.78 is 29.1. The molecule has 2 heterocycles. The molecule has 3 rings (SSSR count). The molecule has 0 bridgehead atoms. The fraction of sp³-hybridized carbons (Fsp3) is 0.278. The Morgan fingerprint density at radius 1 is 1.19 bits per heavy atom. The largest absolute Gasteiger partial charge is 0.472 e. The van der Waals surface area contributed by atoms with Gasteiger partial charge >= 0.3 is 5.69 Å². The van der Waals surface area contributed by atoms with E-state index in [4.69, 9.17) is 4.74 Å². The first-order chi connectivity index (χ1) is 13.0. The zero-order valence-electron chi connectivity index (χ0n) is 14.3. The van der Waals surface area contributed by atoms with Crippen molar-refractivity contribution in [1.29, 1.82) is 0 Å². The molecule has 0 atom stereocenters. The number of hydrogen-bond acceptors (Lipinski definition) is 4. The van der Waals surface area contributed by atoms with Gasteiger partial charge in [-0.15, -0.1) is 0 Å². The molecule has 0 saturated heterocycles. The SMILES string of the molecule is O=C(CCCc1ccc2[nH]c(=O)[nH]c2c1)Nc1cccc(OCC(F)F)n1. The predicted octanol–water partition coefficient (Wildman–Crippen LogP) is 2.86. The fourth-order valence-corrected chi connectivity index (χ4v) is 2.61. The van der Waals surface area contributed by atoms with Crippen LogP contribution >= 0.6 is 0 Å². The van der Waals surface area contributed by atoms with Gasteiger partial charge in [0.05, 0.1) is 11.0 Å². The number of imidazole rings is 1. The maximum absolute atomic E-state index is 12.2. The third-order valence-electron chi connectivity index (χ3n) is 3.80. The number of nitrogens with zero attached hydrogens (tertiary/aromatic N) is 1. The second-order valence-electron chi connectivity index (χ2n) is 5.92. The monoisotopic (exact) mass is 376 g/mol. The van der Waals surface area contributed by atoms with E-state index in [1.165, 1.54) is 6.07 Å². The molecular formula is C18H18F2N4O3. The fourth-order valence-electron chi connectivity index (χ4n) is 2.61. The number of aromatic amines is 2. The quantitative estimate of drug-likeness (QED) is 0.563. The summed E-state index contributed by atoms with van der Waals surface area (Å²) in [6, 6.07) is 10.2. The number of carbonyl (C=O) groups is 1. The number of carbonyl (C=O) groups excluding carboxylic acids is 1. The van der Waals surface area contributed by atoms with Gasteiger partial charge in [-0.3, -0.25) is 4.79 Å². The summed E-state index contributed by atoms with van der Waals surface area (Å²) >= 11 is 0. The standard InChI is InChI=1S/C18H18F2N4O3/c19-14(20)10-27-17-6-2-4-15(24-17)23-16(25)5-1-3-11-7-8-12-13(9-11)22-18(26)21-12/h2,4,6-9,14H,1,3,5,10H2,(H2,21,22,26)(H,23,24,25). The van der Waals surface area contributed by atoms with Crippen LogP contribution in [0.2, 0.25) is 0 Å². The number of ether oxygens (including phenoxy) is 1. The molecule has 3 N–H and O–H groups in total. The van der Waals surface area contributed by atoms with Crippen LogP contribution in [0.5, 0.6) is 5.88 Å². The van der Waals surface area contributed by atoms with Crippen LogP contribution in [0.3, 0.4) is 0 Å². The van der Waals surface area contributed by atoms with E-state index in [9.17, 15) is 18.4 Å². The van der Waals surface area contributed by atoms with Crippen LogP contribution < -0.4 is 15.7 Å². The number of aromatic nitrogens is 3. The number of pyridine rings is 1. The summed E-state index contributed by atoms with van der Waals surface area (Å²) in [5.41, 5.74) is 2.22. The summed E-state index contributed by atoms with van der Waals surface area (Å²) in [5.74, 6) is 0.0459. The van der Waals surface area contributed by atoms with E-state index in [1.807, 2.05) is 18.2 Å². The molecule has 0 fully saturated rings. The zero-order valence-corrected chi connectivity index (χ0v) is 14.3. The number of H-pyrrole nitrogens is 2. The second-order valence-corrected chi connectivity index (χ2v) is 5.92. The molecule has 1 amide bonds. The van der Waals surface area contributed by atoms with E-state index < -0.39 is 13.0 Å². The maximum atomic E-state index is 12.2. The van der Waals surface area contributed by atoms with Crippen LogP contribution in [0.15, 0.2) is 41.2 Å². The average Bonchev–Trinajstić information content (AvgIpc) is 2.99. The molecule has 0 spiro atoms. The number of halogens is 2. The lowest BCUT2D eigenvalue weighted by atomic mass is 10.1. The van der Waals surface area contributed by atoms with E-state index in [0.29, 0.717) is 12.8 Å². The zero-order chi connectivity index (χ0) is 19.2. The van der Waals surface area contributed by atoms with Crippen molar-refractivity contribution in [3.05, 3.63) is 52.4 Å². The van der Waals surface area contributed by atoms with Gasteiger partial charge < -0.3 is 20.0 Å². The van der Waals surface area contributed by atoms with E-state index in [-0.39, 0.29) is 29.7 Å². The molecule has 9 heteroatoms. The summed E-state index contributed by atoms with van der Waals surface area (Å²) in [6.45, 7) is -0.749. The molecule has 2 aromatic heterocycles. The third-order valence-corrected chi connectivity index (χ3v) is 3.80. The minimum absolute atomic E-state index is 0.0295. The number of fused-ring (bicyclic) bond motifs is 1. The highest BCUT2D eigenvalue weighted by Crippen LogP contribution is 2.15. The van der Waals surface area contributed by atoms with Crippen LogP contribution in [0.1, 0.15) is 18.4 Å². The smallest absolute Gasteiger partial charge is 0.323 e. The lowest BCUT2D eigenvalue weighted by Crippen LogP contribution is -2.13. The topological polar surface area (TPSA) is 99.9 Å². The van der Waals surface area contributed by atoms with E-state index >= 15 is 0 Å². The van der Waals surface area contributed by atoms with Crippen LogP contribution in [0, 0.1) is 0 Å². The highest BCUT2D eigenvalue weighted by atomic mass is 19.3. The van der Waals surface area contributed by atoms with Gasteiger partial charge in [0, 0.05) is 12.5 Å². The van der Waals surface area contributed by atoms with Gasteiger partial charge in [0.15, 0.2) is 6.61 Å². The van der Waals surface area contributed by atoms with E-state index in [1.54, 1.807) is 12.1 Å². The minimum Gasteiger partial charge on any atom is -0.472 e. The second kappa shape index (κ2) is 8.43. The molecule has 27 heavy (non-hydrogen) atoms. The molecule has 0 aliphatic carbocycles. The van der Waals surface area contributed by atoms with E-state index in [2.05, 4.69) is 20.3 Å². The highest BCUT2D eigenvalue weighted by Gasteiger charge is 2.08. The first-order valence-corrected chi connectivity index (χ1v) is 8.38. The molecule has 0 unspecified atom stereocenters. The number of anilines is 1. The first-order valence-electron chi connectivity index (χ1n) is 8.38. The Kier molecular flexibility index (Phi) is 5.80. The van der Waals surface area contributed by atoms with Crippen molar-refractivity contribution < 1.29 is 18.3 Å². The first kappa shape index (κ1) is 18.6. The molecule has 0 aliphatic heterocycles. The molecular weight excluding hydrogens is 358 g/mol. The predicted molar refractivity (Wildman–Crippen MR) is 96.2 cm³/mol. The number of alkyl halides is 2. The van der Waals surface area contributed by atoms with Gasteiger partial charge in [-0.1, -0.05) is 12.1 Å². The molecule has 0 saturated carbocycles. The Labute approximate surface area is 152 Å². The van der Waals surface area contributed by atoms with Crippen molar-refractivity contribution >= 4 is 22.8 Å². The summed E-state index contributed by atoms with van der Waals surface area (Å²) in [6.07, 6.45) is -1.05. The third kappa shape index (κ3) is 5.37.